The molecule has 7 heteroatoms. The van der Waals surface area contributed by atoms with Crippen LogP contribution in [0.5, 0.6) is 0 Å². The molecule has 0 fully saturated rings. The smallest absolute Gasteiger partial charge is 0.253 e. The number of hydrogen-bond donors (Lipinski definition) is 2. The quantitative estimate of drug-likeness (QED) is 0.628. The van der Waals surface area contributed by atoms with E-state index in [1.807, 2.05) is 24.3 Å². The molecule has 2 N–H and O–H groups in total. The van der Waals surface area contributed by atoms with Gasteiger partial charge in [0.15, 0.2) is 0 Å². The molecule has 0 radical (unpaired) electrons. The monoisotopic (exact) mass is 390 g/mol. The molecule has 0 aliphatic rings. The Morgan fingerprint density at radius 2 is 1.88 bits per heavy atom. The molecule has 4 nitrogen and oxygen atoms in total. The summed E-state index contributed by atoms with van der Waals surface area (Å²) in [5.74, 6) is -1.12. The zero-order chi connectivity index (χ0) is 18.5. The lowest BCUT2D eigenvalue weighted by Gasteiger charge is -2.08. The van der Waals surface area contributed by atoms with Crippen molar-refractivity contribution in [1.82, 2.24) is 10.6 Å². The van der Waals surface area contributed by atoms with Gasteiger partial charge in [0, 0.05) is 34.1 Å². The molecule has 0 bridgehead atoms. The van der Waals surface area contributed by atoms with Crippen molar-refractivity contribution in [3.05, 3.63) is 70.4 Å². The summed E-state index contributed by atoms with van der Waals surface area (Å²) in [6.45, 7) is 0.291. The number of amides is 2. The van der Waals surface area contributed by atoms with E-state index in [0.29, 0.717) is 16.7 Å². The minimum absolute atomic E-state index is 0.0865. The molecule has 0 atom stereocenters. The Morgan fingerprint density at radius 1 is 1.08 bits per heavy atom. The van der Waals surface area contributed by atoms with Gasteiger partial charge in [-0.3, -0.25) is 9.59 Å². The van der Waals surface area contributed by atoms with Crippen LogP contribution in [0.3, 0.4) is 0 Å². The zero-order valence-electron chi connectivity index (χ0n) is 13.7. The first kappa shape index (κ1) is 18.4. The third kappa shape index (κ3) is 4.20. The Bertz CT molecular complexity index is 958. The molecule has 134 valence electrons. The standard InChI is InChI=1S/C19H16ClFN2O2S/c20-8-18(24)22-9-12-5-6-13(16(21)7-12)10-23-19(25)15-11-26-17-4-2-1-3-14(15)17/h1-7,11H,8-10H2,(H,22,24)(H,23,25). The summed E-state index contributed by atoms with van der Waals surface area (Å²) >= 11 is 6.90. The number of hydrogen-bond acceptors (Lipinski definition) is 3. The van der Waals surface area contributed by atoms with Crippen LogP contribution < -0.4 is 10.6 Å². The molecule has 0 saturated heterocycles. The van der Waals surface area contributed by atoms with E-state index in [-0.39, 0.29) is 30.8 Å². The molecule has 2 amide bonds. The first-order valence-electron chi connectivity index (χ1n) is 7.93. The lowest BCUT2D eigenvalue weighted by atomic mass is 10.1. The molecule has 0 aliphatic carbocycles. The molecular weight excluding hydrogens is 375 g/mol. The Hall–Kier alpha value is -2.44. The van der Waals surface area contributed by atoms with E-state index in [2.05, 4.69) is 10.6 Å². The first-order valence-corrected chi connectivity index (χ1v) is 9.34. The zero-order valence-corrected chi connectivity index (χ0v) is 15.3. The largest absolute Gasteiger partial charge is 0.351 e. The Balaban J connectivity index is 1.64. The number of thiophene rings is 1. The Morgan fingerprint density at radius 3 is 2.65 bits per heavy atom. The number of alkyl halides is 1. The predicted molar refractivity (Wildman–Crippen MR) is 102 cm³/mol. The average Bonchev–Trinajstić information content (AvgIpc) is 3.09. The van der Waals surface area contributed by atoms with Gasteiger partial charge in [-0.2, -0.15) is 0 Å². The second kappa shape index (κ2) is 8.29. The normalized spacial score (nSPS) is 10.7. The lowest BCUT2D eigenvalue weighted by Crippen LogP contribution is -2.24. The van der Waals surface area contributed by atoms with Crippen molar-refractivity contribution >= 4 is 44.8 Å². The number of rotatable bonds is 6. The maximum absolute atomic E-state index is 14.2. The summed E-state index contributed by atoms with van der Waals surface area (Å²) in [6, 6.07) is 12.3. The second-order valence-electron chi connectivity index (χ2n) is 5.66. The van der Waals surface area contributed by atoms with Crippen LogP contribution in [-0.4, -0.2) is 17.7 Å². The van der Waals surface area contributed by atoms with Crippen molar-refractivity contribution in [2.45, 2.75) is 13.1 Å². The van der Waals surface area contributed by atoms with Crippen molar-refractivity contribution < 1.29 is 14.0 Å². The topological polar surface area (TPSA) is 58.2 Å². The maximum atomic E-state index is 14.2. The van der Waals surface area contributed by atoms with E-state index in [0.717, 1.165) is 10.1 Å². The van der Waals surface area contributed by atoms with Crippen LogP contribution in [0.1, 0.15) is 21.5 Å². The van der Waals surface area contributed by atoms with Gasteiger partial charge in [0.1, 0.15) is 11.7 Å². The van der Waals surface area contributed by atoms with Crippen LogP contribution in [0.15, 0.2) is 47.8 Å². The molecule has 0 unspecified atom stereocenters. The summed E-state index contributed by atoms with van der Waals surface area (Å²) in [5, 5.41) is 8.02. The fourth-order valence-electron chi connectivity index (χ4n) is 2.52. The molecule has 0 spiro atoms. The van der Waals surface area contributed by atoms with Crippen molar-refractivity contribution in [3.63, 3.8) is 0 Å². The Kier molecular flexibility index (Phi) is 5.85. The van der Waals surface area contributed by atoms with Gasteiger partial charge >= 0.3 is 0 Å². The highest BCUT2D eigenvalue weighted by Crippen LogP contribution is 2.25. The molecule has 3 rings (SSSR count). The highest BCUT2D eigenvalue weighted by Gasteiger charge is 2.12. The van der Waals surface area contributed by atoms with Gasteiger partial charge in [0.05, 0.1) is 5.56 Å². The van der Waals surface area contributed by atoms with E-state index in [9.17, 15) is 14.0 Å². The Labute approximate surface area is 159 Å². The average molecular weight is 391 g/mol. The highest BCUT2D eigenvalue weighted by atomic mass is 35.5. The molecule has 0 aliphatic heterocycles. The molecular formula is C19H16ClFN2O2S. The predicted octanol–water partition coefficient (Wildman–Crippen LogP) is 3.83. The SMILES string of the molecule is O=C(CCl)NCc1ccc(CNC(=O)c2csc3ccccc23)c(F)c1. The van der Waals surface area contributed by atoms with Crippen LogP contribution in [0, 0.1) is 5.82 Å². The number of halogens is 2. The number of carbonyl (C=O) groups excluding carboxylic acids is 2. The second-order valence-corrected chi connectivity index (χ2v) is 6.84. The minimum Gasteiger partial charge on any atom is -0.351 e. The summed E-state index contributed by atoms with van der Waals surface area (Å²) < 4.78 is 15.2. The van der Waals surface area contributed by atoms with Crippen molar-refractivity contribution in [2.24, 2.45) is 0 Å². The third-order valence-electron chi connectivity index (χ3n) is 3.89. The third-order valence-corrected chi connectivity index (χ3v) is 5.10. The van der Waals surface area contributed by atoms with Gasteiger partial charge in [0.25, 0.3) is 5.91 Å². The first-order chi connectivity index (χ1) is 12.6. The van der Waals surface area contributed by atoms with E-state index >= 15 is 0 Å². The van der Waals surface area contributed by atoms with Gasteiger partial charge in [-0.05, 0) is 17.7 Å². The number of benzene rings is 2. The molecule has 3 aromatic rings. The van der Waals surface area contributed by atoms with Gasteiger partial charge in [0.2, 0.25) is 5.91 Å². The maximum Gasteiger partial charge on any atom is 0.253 e. The number of fused-ring (bicyclic) bond motifs is 1. The van der Waals surface area contributed by atoms with Gasteiger partial charge in [-0.15, -0.1) is 22.9 Å². The van der Waals surface area contributed by atoms with Crippen LogP contribution in [0.25, 0.3) is 10.1 Å². The van der Waals surface area contributed by atoms with Crippen molar-refractivity contribution in [3.8, 4) is 0 Å². The molecule has 26 heavy (non-hydrogen) atoms. The number of nitrogens with one attached hydrogen (secondary N) is 2. The van der Waals surface area contributed by atoms with Gasteiger partial charge in [-0.25, -0.2) is 4.39 Å². The van der Waals surface area contributed by atoms with Crippen molar-refractivity contribution in [1.29, 1.82) is 0 Å². The van der Waals surface area contributed by atoms with E-state index in [1.165, 1.54) is 17.4 Å². The van der Waals surface area contributed by atoms with Crippen LogP contribution in [-0.2, 0) is 17.9 Å². The molecule has 1 heterocycles. The lowest BCUT2D eigenvalue weighted by molar-refractivity contribution is -0.118. The highest BCUT2D eigenvalue weighted by molar-refractivity contribution is 7.17. The molecule has 2 aromatic carbocycles. The molecule has 1 aromatic heterocycles. The van der Waals surface area contributed by atoms with Crippen LogP contribution >= 0.6 is 22.9 Å². The summed E-state index contributed by atoms with van der Waals surface area (Å²) in [6.07, 6.45) is 0. The summed E-state index contributed by atoms with van der Waals surface area (Å²) in [7, 11) is 0. The number of carbonyl (C=O) groups is 2. The van der Waals surface area contributed by atoms with E-state index in [4.69, 9.17) is 11.6 Å². The van der Waals surface area contributed by atoms with Crippen molar-refractivity contribution in [2.75, 3.05) is 5.88 Å². The van der Waals surface area contributed by atoms with E-state index in [1.54, 1.807) is 17.5 Å². The molecule has 0 saturated carbocycles. The summed E-state index contributed by atoms with van der Waals surface area (Å²) in [5.41, 5.74) is 1.59. The van der Waals surface area contributed by atoms with Crippen LogP contribution in [0.2, 0.25) is 0 Å². The van der Waals surface area contributed by atoms with E-state index < -0.39 is 5.82 Å². The van der Waals surface area contributed by atoms with Gasteiger partial charge < -0.3 is 10.6 Å². The minimum atomic E-state index is -0.432. The van der Waals surface area contributed by atoms with Crippen LogP contribution in [0.4, 0.5) is 4.39 Å². The van der Waals surface area contributed by atoms with Gasteiger partial charge in [-0.1, -0.05) is 30.3 Å². The fraction of sp³-hybridized carbons (Fsp3) is 0.158. The summed E-state index contributed by atoms with van der Waals surface area (Å²) in [4.78, 5) is 23.5. The fourth-order valence-corrected chi connectivity index (χ4v) is 3.55.